The van der Waals surface area contributed by atoms with Crippen molar-refractivity contribution >= 4 is 34.2 Å². The summed E-state index contributed by atoms with van der Waals surface area (Å²) >= 11 is 1.42. The van der Waals surface area contributed by atoms with Gasteiger partial charge in [0.2, 0.25) is 5.91 Å². The molecule has 0 bridgehead atoms. The molecule has 4 aromatic rings. The van der Waals surface area contributed by atoms with Gasteiger partial charge in [0.05, 0.1) is 5.75 Å². The smallest absolute Gasteiger partial charge is 0.233 e. The molecule has 0 saturated carbocycles. The normalized spacial score (nSPS) is 14.0. The van der Waals surface area contributed by atoms with Crippen molar-refractivity contribution in [3.8, 4) is 0 Å². The van der Waals surface area contributed by atoms with Crippen LogP contribution >= 0.6 is 11.8 Å². The van der Waals surface area contributed by atoms with E-state index in [1.165, 1.54) is 28.4 Å². The summed E-state index contributed by atoms with van der Waals surface area (Å²) < 4.78 is 1.90. The third-order valence-electron chi connectivity index (χ3n) is 5.22. The summed E-state index contributed by atoms with van der Waals surface area (Å²) in [4.78, 5) is 22.8. The summed E-state index contributed by atoms with van der Waals surface area (Å²) in [5, 5.41) is 10.4. The predicted octanol–water partition coefficient (Wildman–Crippen LogP) is 2.90. The largest absolute Gasteiger partial charge is 0.358 e. The number of aromatic amines is 1. The van der Waals surface area contributed by atoms with Crippen LogP contribution in [-0.2, 0) is 17.8 Å². The molecule has 0 radical (unpaired) electrons. The molecule has 0 fully saturated rings. The molecule has 0 unspecified atom stereocenters. The standard InChI is InChI=1S/C20H20N6OS/c1-12-9-18-23-24-20(26(18)13(2)21-12)28-11-19(27)25-8-7-17-15(10-25)14-5-3-4-6-16(14)22-17/h3-6,9,22H,7-8,10-11H2,1-2H3. The fourth-order valence-corrected chi connectivity index (χ4v) is 4.78. The SMILES string of the molecule is Cc1cc2nnc(SCC(=O)N3CCc4[nH]c5ccccc5c4C3)n2c(C)n1. The van der Waals surface area contributed by atoms with E-state index in [4.69, 9.17) is 0 Å². The average molecular weight is 392 g/mol. The lowest BCUT2D eigenvalue weighted by Gasteiger charge is -2.27. The minimum atomic E-state index is 0.121. The number of para-hydroxylation sites is 1. The van der Waals surface area contributed by atoms with Gasteiger partial charge in [0.1, 0.15) is 5.82 Å². The van der Waals surface area contributed by atoms with Crippen LogP contribution in [-0.4, -0.2) is 47.7 Å². The van der Waals surface area contributed by atoms with E-state index < -0.39 is 0 Å². The molecule has 8 heteroatoms. The molecule has 1 aliphatic rings. The Hall–Kier alpha value is -2.87. The Morgan fingerprint density at radius 2 is 2.11 bits per heavy atom. The number of nitrogens with one attached hydrogen (secondary N) is 1. The van der Waals surface area contributed by atoms with Crippen LogP contribution < -0.4 is 0 Å². The molecule has 4 heterocycles. The maximum Gasteiger partial charge on any atom is 0.233 e. The Balaban J connectivity index is 1.33. The molecule has 1 aliphatic heterocycles. The Bertz CT molecular complexity index is 1210. The first-order valence-corrected chi connectivity index (χ1v) is 10.3. The number of benzene rings is 1. The predicted molar refractivity (Wildman–Crippen MR) is 108 cm³/mol. The molecule has 0 spiro atoms. The molecular formula is C20H20N6OS. The minimum Gasteiger partial charge on any atom is -0.358 e. The first-order valence-electron chi connectivity index (χ1n) is 9.28. The third-order valence-corrected chi connectivity index (χ3v) is 6.13. The number of aryl methyl sites for hydroxylation is 2. The minimum absolute atomic E-state index is 0.121. The number of rotatable bonds is 3. The fourth-order valence-electron chi connectivity index (χ4n) is 3.89. The van der Waals surface area contributed by atoms with Crippen molar-refractivity contribution in [3.63, 3.8) is 0 Å². The monoisotopic (exact) mass is 392 g/mol. The molecule has 7 nitrogen and oxygen atoms in total. The lowest BCUT2D eigenvalue weighted by molar-refractivity contribution is -0.129. The second-order valence-corrected chi connectivity index (χ2v) is 8.05. The lowest BCUT2D eigenvalue weighted by Crippen LogP contribution is -2.36. The molecule has 0 atom stereocenters. The highest BCUT2D eigenvalue weighted by Gasteiger charge is 2.24. The van der Waals surface area contributed by atoms with Gasteiger partial charge in [0, 0.05) is 53.4 Å². The molecule has 5 rings (SSSR count). The quantitative estimate of drug-likeness (QED) is 0.543. The van der Waals surface area contributed by atoms with Crippen LogP contribution in [0, 0.1) is 13.8 Å². The Morgan fingerprint density at radius 3 is 3.00 bits per heavy atom. The summed E-state index contributed by atoms with van der Waals surface area (Å²) in [5.41, 5.74) is 5.31. The second-order valence-electron chi connectivity index (χ2n) is 7.10. The number of hydrogen-bond donors (Lipinski definition) is 1. The van der Waals surface area contributed by atoms with E-state index in [0.717, 1.165) is 35.6 Å². The van der Waals surface area contributed by atoms with Crippen LogP contribution in [0.3, 0.4) is 0 Å². The van der Waals surface area contributed by atoms with E-state index in [2.05, 4.69) is 32.3 Å². The van der Waals surface area contributed by atoms with Crippen LogP contribution in [0.4, 0.5) is 0 Å². The van der Waals surface area contributed by atoms with Crippen molar-refractivity contribution in [2.24, 2.45) is 0 Å². The number of nitrogens with zero attached hydrogens (tertiary/aromatic N) is 5. The van der Waals surface area contributed by atoms with Crippen molar-refractivity contribution in [1.82, 2.24) is 29.5 Å². The summed E-state index contributed by atoms with van der Waals surface area (Å²) in [6.45, 7) is 5.25. The van der Waals surface area contributed by atoms with Crippen LogP contribution in [0.5, 0.6) is 0 Å². The first kappa shape index (κ1) is 17.2. The lowest BCUT2D eigenvalue weighted by atomic mass is 10.0. The van der Waals surface area contributed by atoms with Gasteiger partial charge in [-0.25, -0.2) is 4.98 Å². The van der Waals surface area contributed by atoms with Crippen molar-refractivity contribution in [1.29, 1.82) is 0 Å². The molecule has 1 aromatic carbocycles. The molecule has 1 amide bonds. The van der Waals surface area contributed by atoms with Crippen LogP contribution in [0.15, 0.2) is 35.5 Å². The van der Waals surface area contributed by atoms with Gasteiger partial charge in [-0.2, -0.15) is 0 Å². The van der Waals surface area contributed by atoms with Gasteiger partial charge in [-0.1, -0.05) is 30.0 Å². The molecule has 142 valence electrons. The Kier molecular flexibility index (Phi) is 4.08. The maximum atomic E-state index is 12.9. The highest BCUT2D eigenvalue weighted by molar-refractivity contribution is 7.99. The number of H-pyrrole nitrogens is 1. The second kappa shape index (κ2) is 6.63. The van der Waals surface area contributed by atoms with Crippen molar-refractivity contribution < 1.29 is 4.79 Å². The molecule has 3 aromatic heterocycles. The average Bonchev–Trinajstić information content (AvgIpc) is 3.26. The number of carbonyl (C=O) groups excluding carboxylic acids is 1. The number of thioether (sulfide) groups is 1. The van der Waals surface area contributed by atoms with Gasteiger partial charge in [-0.15, -0.1) is 10.2 Å². The third kappa shape index (κ3) is 2.84. The summed E-state index contributed by atoms with van der Waals surface area (Å²) in [5.74, 6) is 1.29. The van der Waals surface area contributed by atoms with Gasteiger partial charge in [0.15, 0.2) is 10.8 Å². The van der Waals surface area contributed by atoms with Gasteiger partial charge >= 0.3 is 0 Å². The van der Waals surface area contributed by atoms with Crippen LogP contribution in [0.2, 0.25) is 0 Å². The van der Waals surface area contributed by atoms with E-state index >= 15 is 0 Å². The Labute approximate surface area is 166 Å². The summed E-state index contributed by atoms with van der Waals surface area (Å²) in [6, 6.07) is 10.2. The van der Waals surface area contributed by atoms with E-state index in [-0.39, 0.29) is 5.91 Å². The number of fused-ring (bicyclic) bond motifs is 4. The summed E-state index contributed by atoms with van der Waals surface area (Å²) in [6.07, 6.45) is 0.858. The van der Waals surface area contributed by atoms with E-state index in [9.17, 15) is 4.79 Å². The molecule has 28 heavy (non-hydrogen) atoms. The summed E-state index contributed by atoms with van der Waals surface area (Å²) in [7, 11) is 0. The molecule has 0 aliphatic carbocycles. The number of amides is 1. The van der Waals surface area contributed by atoms with Gasteiger partial charge in [0.25, 0.3) is 0 Å². The van der Waals surface area contributed by atoms with E-state index in [1.807, 2.05) is 41.3 Å². The Morgan fingerprint density at radius 1 is 1.25 bits per heavy atom. The zero-order valence-corrected chi connectivity index (χ0v) is 16.6. The highest BCUT2D eigenvalue weighted by atomic mass is 32.2. The van der Waals surface area contributed by atoms with E-state index in [1.54, 1.807) is 0 Å². The van der Waals surface area contributed by atoms with Gasteiger partial charge < -0.3 is 9.88 Å². The zero-order chi connectivity index (χ0) is 19.3. The fraction of sp³-hybridized carbons (Fsp3) is 0.300. The van der Waals surface area contributed by atoms with Crippen LogP contribution in [0.1, 0.15) is 22.8 Å². The van der Waals surface area contributed by atoms with Gasteiger partial charge in [-0.3, -0.25) is 9.20 Å². The number of aromatic nitrogens is 5. The van der Waals surface area contributed by atoms with Crippen molar-refractivity contribution in [2.75, 3.05) is 12.3 Å². The topological polar surface area (TPSA) is 79.2 Å². The van der Waals surface area contributed by atoms with Crippen LogP contribution in [0.25, 0.3) is 16.6 Å². The van der Waals surface area contributed by atoms with Crippen molar-refractivity contribution in [2.45, 2.75) is 32.0 Å². The zero-order valence-electron chi connectivity index (χ0n) is 15.8. The van der Waals surface area contributed by atoms with Gasteiger partial charge in [-0.05, 0) is 19.9 Å². The molecular weight excluding hydrogens is 372 g/mol. The van der Waals surface area contributed by atoms with E-state index in [0.29, 0.717) is 17.5 Å². The number of carbonyl (C=O) groups is 1. The molecule has 0 saturated heterocycles. The first-order chi connectivity index (χ1) is 13.6. The van der Waals surface area contributed by atoms with Crippen molar-refractivity contribution in [3.05, 3.63) is 53.1 Å². The molecule has 1 N–H and O–H groups in total. The number of hydrogen-bond acceptors (Lipinski definition) is 5. The highest BCUT2D eigenvalue weighted by Crippen LogP contribution is 2.28. The maximum absolute atomic E-state index is 12.9.